The van der Waals surface area contributed by atoms with Gasteiger partial charge in [0.2, 0.25) is 0 Å². The lowest BCUT2D eigenvalue weighted by Crippen LogP contribution is -2.10. The number of hydrogen-bond donors (Lipinski definition) is 2. The van der Waals surface area contributed by atoms with E-state index in [1.165, 1.54) is 24.3 Å². The summed E-state index contributed by atoms with van der Waals surface area (Å²) in [7, 11) is -4.04. The van der Waals surface area contributed by atoms with Gasteiger partial charge in [0.1, 0.15) is 10.6 Å². The number of fused-ring (bicyclic) bond motifs is 1. The molecule has 0 amide bonds. The molecule has 1 heterocycles. The molecule has 124 valence electrons. The van der Waals surface area contributed by atoms with Gasteiger partial charge in [0, 0.05) is 9.86 Å². The molecule has 0 saturated heterocycles. The molecule has 0 aliphatic rings. The molecule has 0 atom stereocenters. The minimum atomic E-state index is -4.04. The summed E-state index contributed by atoms with van der Waals surface area (Å²) in [6, 6.07) is 10.8. The molecule has 0 radical (unpaired) electrons. The van der Waals surface area contributed by atoms with Crippen LogP contribution in [-0.2, 0) is 10.1 Å². The number of benzene rings is 2. The summed E-state index contributed by atoms with van der Waals surface area (Å²) in [5, 5.41) is 9.60. The molecule has 0 fully saturated rings. The van der Waals surface area contributed by atoms with E-state index in [1.54, 1.807) is 18.2 Å². The van der Waals surface area contributed by atoms with Gasteiger partial charge in [-0.3, -0.25) is 0 Å². The highest BCUT2D eigenvalue weighted by molar-refractivity contribution is 9.10. The number of aryl methyl sites for hydroxylation is 1. The molecule has 0 spiro atoms. The third-order valence-corrected chi connectivity index (χ3v) is 5.10. The third-order valence-electron chi connectivity index (χ3n) is 3.40. The van der Waals surface area contributed by atoms with Crippen LogP contribution in [0.1, 0.15) is 16.1 Å². The highest BCUT2D eigenvalue weighted by atomic mass is 79.9. The Morgan fingerprint density at radius 1 is 1.17 bits per heavy atom. The van der Waals surface area contributed by atoms with E-state index in [2.05, 4.69) is 20.9 Å². The Kier molecular flexibility index (Phi) is 4.10. The lowest BCUT2D eigenvalue weighted by atomic mass is 10.2. The Balaban J connectivity index is 2.09. The van der Waals surface area contributed by atoms with Crippen LogP contribution in [0.4, 0.5) is 0 Å². The number of carboxylic acids is 1. The molecule has 2 N–H and O–H groups in total. The summed E-state index contributed by atoms with van der Waals surface area (Å²) >= 11 is 3.27. The Morgan fingerprint density at radius 3 is 2.46 bits per heavy atom. The molecule has 0 saturated carbocycles. The smallest absolute Gasteiger partial charge is 0.352 e. The zero-order valence-corrected chi connectivity index (χ0v) is 14.8. The predicted molar refractivity (Wildman–Crippen MR) is 92.0 cm³/mol. The number of aromatic carboxylic acids is 1. The Morgan fingerprint density at radius 2 is 1.83 bits per heavy atom. The van der Waals surface area contributed by atoms with Crippen LogP contribution >= 0.6 is 15.9 Å². The van der Waals surface area contributed by atoms with E-state index < -0.39 is 16.1 Å². The van der Waals surface area contributed by atoms with Crippen LogP contribution in [0.25, 0.3) is 10.9 Å². The maximum absolute atomic E-state index is 12.4. The SMILES string of the molecule is Cc1ccc(S(=O)(=O)Oc2cc(Br)cc3cc(C(=O)O)[nH]c23)cc1. The van der Waals surface area contributed by atoms with E-state index in [4.69, 9.17) is 9.29 Å². The van der Waals surface area contributed by atoms with Gasteiger partial charge in [-0.1, -0.05) is 33.6 Å². The van der Waals surface area contributed by atoms with Crippen molar-refractivity contribution in [3.8, 4) is 5.75 Å². The molecule has 8 heteroatoms. The van der Waals surface area contributed by atoms with E-state index >= 15 is 0 Å². The number of rotatable bonds is 4. The summed E-state index contributed by atoms with van der Waals surface area (Å²) in [5.74, 6) is -1.12. The number of aromatic amines is 1. The largest absolute Gasteiger partial charge is 0.477 e. The average Bonchev–Trinajstić information content (AvgIpc) is 2.91. The van der Waals surface area contributed by atoms with Crippen LogP contribution in [0.5, 0.6) is 5.75 Å². The topological polar surface area (TPSA) is 96.5 Å². The molecule has 24 heavy (non-hydrogen) atoms. The van der Waals surface area contributed by atoms with Gasteiger partial charge in [-0.25, -0.2) is 4.79 Å². The van der Waals surface area contributed by atoms with E-state index in [9.17, 15) is 13.2 Å². The van der Waals surface area contributed by atoms with Crippen molar-refractivity contribution in [2.75, 3.05) is 0 Å². The Bertz CT molecular complexity index is 1040. The van der Waals surface area contributed by atoms with Gasteiger partial charge in [0.05, 0.1) is 5.52 Å². The minimum absolute atomic E-state index is 0.0197. The Labute approximate surface area is 146 Å². The van der Waals surface area contributed by atoms with Crippen LogP contribution in [-0.4, -0.2) is 24.5 Å². The second kappa shape index (κ2) is 5.95. The van der Waals surface area contributed by atoms with Crippen molar-refractivity contribution in [1.29, 1.82) is 0 Å². The van der Waals surface area contributed by atoms with Gasteiger partial charge in [-0.15, -0.1) is 0 Å². The molecule has 3 aromatic rings. The first-order chi connectivity index (χ1) is 11.3. The monoisotopic (exact) mass is 409 g/mol. The molecule has 2 aromatic carbocycles. The number of carbonyl (C=O) groups is 1. The van der Waals surface area contributed by atoms with E-state index in [1.807, 2.05) is 6.92 Å². The highest BCUT2D eigenvalue weighted by Crippen LogP contribution is 2.32. The summed E-state index contributed by atoms with van der Waals surface area (Å²) < 4.78 is 30.7. The van der Waals surface area contributed by atoms with Crippen molar-refractivity contribution in [2.45, 2.75) is 11.8 Å². The molecule has 1 aromatic heterocycles. The van der Waals surface area contributed by atoms with Crippen molar-refractivity contribution < 1.29 is 22.5 Å². The quantitative estimate of drug-likeness (QED) is 0.640. The van der Waals surface area contributed by atoms with E-state index in [-0.39, 0.29) is 16.3 Å². The fraction of sp³-hybridized carbons (Fsp3) is 0.0625. The minimum Gasteiger partial charge on any atom is -0.477 e. The number of H-pyrrole nitrogens is 1. The van der Waals surface area contributed by atoms with E-state index in [0.717, 1.165) is 5.56 Å². The second-order valence-corrected chi connectivity index (χ2v) is 7.67. The van der Waals surface area contributed by atoms with Crippen molar-refractivity contribution >= 4 is 42.9 Å². The molecule has 0 aliphatic heterocycles. The first kappa shape index (κ1) is 16.5. The highest BCUT2D eigenvalue weighted by Gasteiger charge is 2.20. The lowest BCUT2D eigenvalue weighted by Gasteiger charge is -2.09. The van der Waals surface area contributed by atoms with Crippen LogP contribution in [0, 0.1) is 6.92 Å². The molecule has 0 aliphatic carbocycles. The summed E-state index contributed by atoms with van der Waals surface area (Å²) in [6.45, 7) is 1.85. The van der Waals surface area contributed by atoms with Crippen molar-refractivity contribution in [1.82, 2.24) is 4.98 Å². The van der Waals surface area contributed by atoms with Crippen molar-refractivity contribution in [3.63, 3.8) is 0 Å². The third kappa shape index (κ3) is 3.15. The number of carboxylic acid groups (broad SMARTS) is 1. The van der Waals surface area contributed by atoms with Gasteiger partial charge in [0.25, 0.3) is 0 Å². The lowest BCUT2D eigenvalue weighted by molar-refractivity contribution is 0.0691. The maximum Gasteiger partial charge on any atom is 0.352 e. The number of nitrogens with one attached hydrogen (secondary N) is 1. The van der Waals surface area contributed by atoms with Crippen LogP contribution < -0.4 is 4.18 Å². The Hall–Kier alpha value is -2.32. The number of hydrogen-bond acceptors (Lipinski definition) is 4. The van der Waals surface area contributed by atoms with E-state index in [0.29, 0.717) is 15.4 Å². The standard InChI is InChI=1S/C16H12BrNO5S/c1-9-2-4-12(5-3-9)24(21,22)23-14-8-11(17)6-10-7-13(16(19)20)18-15(10)14/h2-8,18H,1H3,(H,19,20). The van der Waals surface area contributed by atoms with Gasteiger partial charge in [-0.2, -0.15) is 8.42 Å². The fourth-order valence-electron chi connectivity index (χ4n) is 2.23. The zero-order valence-electron chi connectivity index (χ0n) is 12.4. The van der Waals surface area contributed by atoms with Gasteiger partial charge in [0.15, 0.2) is 5.75 Å². The molecule has 6 nitrogen and oxygen atoms in total. The normalized spacial score (nSPS) is 11.6. The first-order valence-electron chi connectivity index (χ1n) is 6.83. The van der Waals surface area contributed by atoms with Crippen molar-refractivity contribution in [3.05, 3.63) is 58.2 Å². The molecule has 0 bridgehead atoms. The van der Waals surface area contributed by atoms with Crippen LogP contribution in [0.3, 0.4) is 0 Å². The van der Waals surface area contributed by atoms with Gasteiger partial charge < -0.3 is 14.3 Å². The van der Waals surface area contributed by atoms with Crippen LogP contribution in [0.15, 0.2) is 51.8 Å². The summed E-state index contributed by atoms with van der Waals surface area (Å²) in [6.07, 6.45) is 0. The van der Waals surface area contributed by atoms with Crippen LogP contribution in [0.2, 0.25) is 0 Å². The van der Waals surface area contributed by atoms with Gasteiger partial charge >= 0.3 is 16.1 Å². The number of halogens is 1. The molecular weight excluding hydrogens is 398 g/mol. The average molecular weight is 410 g/mol. The molecular formula is C16H12BrNO5S. The first-order valence-corrected chi connectivity index (χ1v) is 9.03. The summed E-state index contributed by atoms with van der Waals surface area (Å²) in [5.41, 5.74) is 1.17. The van der Waals surface area contributed by atoms with Crippen molar-refractivity contribution in [2.24, 2.45) is 0 Å². The number of aromatic nitrogens is 1. The second-order valence-electron chi connectivity index (χ2n) is 5.21. The zero-order chi connectivity index (χ0) is 17.5. The summed E-state index contributed by atoms with van der Waals surface area (Å²) in [4.78, 5) is 13.8. The fourth-order valence-corrected chi connectivity index (χ4v) is 3.62. The molecule has 0 unspecified atom stereocenters. The van der Waals surface area contributed by atoms with Gasteiger partial charge in [-0.05, 0) is 37.3 Å². The predicted octanol–water partition coefficient (Wildman–Crippen LogP) is 3.70. The molecule has 3 rings (SSSR count). The maximum atomic E-state index is 12.4.